The van der Waals surface area contributed by atoms with Crippen molar-refractivity contribution in [1.29, 1.82) is 10.5 Å². The summed E-state index contributed by atoms with van der Waals surface area (Å²) in [5, 5.41) is 16.7. The quantitative estimate of drug-likeness (QED) is 0.431. The van der Waals surface area contributed by atoms with Crippen molar-refractivity contribution in [3.63, 3.8) is 0 Å². The Morgan fingerprint density at radius 3 is 1.81 bits per heavy atom. The minimum Gasteiger partial charge on any atom is -0.355 e. The van der Waals surface area contributed by atoms with Gasteiger partial charge in [0.15, 0.2) is 12.4 Å². The molecule has 0 aromatic heterocycles. The molecule has 0 saturated carbocycles. The van der Waals surface area contributed by atoms with Crippen LogP contribution in [-0.4, -0.2) is 29.6 Å². The van der Waals surface area contributed by atoms with Gasteiger partial charge < -0.3 is 9.80 Å². The van der Waals surface area contributed by atoms with Crippen LogP contribution in [-0.2, 0) is 0 Å². The van der Waals surface area contributed by atoms with E-state index in [9.17, 15) is 0 Å². The van der Waals surface area contributed by atoms with Gasteiger partial charge in [-0.25, -0.2) is 5.32 Å². The molecule has 1 rings (SSSR count). The maximum absolute atomic E-state index is 7.48. The first-order valence-corrected chi connectivity index (χ1v) is 4.69. The van der Waals surface area contributed by atoms with Crippen molar-refractivity contribution >= 4 is 0 Å². The number of nitrogens with zero attached hydrogens (tertiary/aromatic N) is 4. The third-order valence-corrected chi connectivity index (χ3v) is 1.69. The number of hydrogen-bond acceptors (Lipinski definition) is 5. The molecule has 0 bridgehead atoms. The van der Waals surface area contributed by atoms with Gasteiger partial charge >= 0.3 is 0 Å². The third-order valence-electron chi connectivity index (χ3n) is 1.69. The van der Waals surface area contributed by atoms with Crippen molar-refractivity contribution in [1.82, 2.24) is 15.1 Å². The minimum absolute atomic E-state index is 0.921. The molecule has 0 aromatic carbocycles. The lowest BCUT2D eigenvalue weighted by molar-refractivity contribution is 0.300. The zero-order valence-corrected chi connectivity index (χ0v) is 9.13. The van der Waals surface area contributed by atoms with Gasteiger partial charge in [0.2, 0.25) is 0 Å². The van der Waals surface area contributed by atoms with Gasteiger partial charge in [-0.05, 0) is 0 Å². The summed E-state index contributed by atoms with van der Waals surface area (Å²) in [4.78, 5) is 4.38. The molecule has 1 aliphatic rings. The lowest BCUT2D eigenvalue weighted by Gasteiger charge is -2.18. The topological polar surface area (TPSA) is 66.1 Å². The summed E-state index contributed by atoms with van der Waals surface area (Å²) in [6.45, 7) is 10.2. The van der Waals surface area contributed by atoms with E-state index in [0.717, 1.165) is 19.8 Å². The molecule has 0 saturated heterocycles. The van der Waals surface area contributed by atoms with E-state index in [2.05, 4.69) is 35.4 Å². The standard InChI is InChI=1S/C9H14N2.C2HN3/c1-3-5-10-7-8-11(9-10)6-4-2;3-1-5-2-4/h3-4,7-8H,1-2,5-6,9H2;5H. The second kappa shape index (κ2) is 9.17. The molecule has 0 aliphatic carbocycles. The highest BCUT2D eigenvalue weighted by Gasteiger charge is 2.07. The molecular weight excluding hydrogens is 202 g/mol. The Balaban J connectivity index is 0.000000385. The molecule has 5 nitrogen and oxygen atoms in total. The van der Waals surface area contributed by atoms with Crippen LogP contribution in [0, 0.1) is 22.9 Å². The van der Waals surface area contributed by atoms with E-state index >= 15 is 0 Å². The second-order valence-corrected chi connectivity index (χ2v) is 2.91. The van der Waals surface area contributed by atoms with Crippen molar-refractivity contribution in [3.05, 3.63) is 37.7 Å². The van der Waals surface area contributed by atoms with Gasteiger partial charge in [-0.3, -0.25) is 0 Å². The SMILES string of the molecule is C=CCN1C=CN(CC=C)C1.N#CNC#N. The molecule has 84 valence electrons. The molecule has 0 spiro atoms. The number of nitrogens with one attached hydrogen (secondary N) is 1. The minimum atomic E-state index is 0.921. The number of hydrogen-bond donors (Lipinski definition) is 1. The Labute approximate surface area is 96.2 Å². The van der Waals surface area contributed by atoms with E-state index < -0.39 is 0 Å². The molecule has 0 unspecified atom stereocenters. The number of nitriles is 2. The van der Waals surface area contributed by atoms with Crippen molar-refractivity contribution in [2.75, 3.05) is 19.8 Å². The molecule has 16 heavy (non-hydrogen) atoms. The van der Waals surface area contributed by atoms with Gasteiger partial charge in [0.25, 0.3) is 0 Å². The van der Waals surface area contributed by atoms with Gasteiger partial charge in [0.05, 0.1) is 6.67 Å². The second-order valence-electron chi connectivity index (χ2n) is 2.91. The Bertz CT molecular complexity index is 290. The first-order valence-electron chi connectivity index (χ1n) is 4.69. The van der Waals surface area contributed by atoms with Crippen LogP contribution in [0.15, 0.2) is 37.7 Å². The molecule has 1 aliphatic heterocycles. The highest BCUT2D eigenvalue weighted by Crippen LogP contribution is 2.04. The van der Waals surface area contributed by atoms with Crippen LogP contribution in [0.1, 0.15) is 0 Å². The molecule has 0 aromatic rings. The first-order chi connectivity index (χ1) is 7.78. The summed E-state index contributed by atoms with van der Waals surface area (Å²) in [6.07, 6.45) is 10.8. The van der Waals surface area contributed by atoms with Crippen LogP contribution in [0.5, 0.6) is 0 Å². The maximum Gasteiger partial charge on any atom is 0.190 e. The van der Waals surface area contributed by atoms with E-state index in [1.54, 1.807) is 5.32 Å². The Morgan fingerprint density at radius 1 is 1.12 bits per heavy atom. The van der Waals surface area contributed by atoms with Crippen LogP contribution in [0.3, 0.4) is 0 Å². The van der Waals surface area contributed by atoms with Crippen molar-refractivity contribution < 1.29 is 0 Å². The smallest absolute Gasteiger partial charge is 0.190 e. The molecule has 0 radical (unpaired) electrons. The molecule has 1 N–H and O–H groups in total. The molecule has 0 amide bonds. The van der Waals surface area contributed by atoms with Crippen LogP contribution in [0.4, 0.5) is 0 Å². The monoisotopic (exact) mass is 217 g/mol. The fourth-order valence-electron chi connectivity index (χ4n) is 1.11. The van der Waals surface area contributed by atoms with Gasteiger partial charge in [-0.2, -0.15) is 10.5 Å². The Morgan fingerprint density at radius 2 is 1.56 bits per heavy atom. The molecule has 0 atom stereocenters. The highest BCUT2D eigenvalue weighted by molar-refractivity contribution is 4.95. The van der Waals surface area contributed by atoms with Crippen LogP contribution < -0.4 is 5.32 Å². The number of rotatable bonds is 4. The van der Waals surface area contributed by atoms with Crippen molar-refractivity contribution in [2.24, 2.45) is 0 Å². The van der Waals surface area contributed by atoms with Crippen LogP contribution in [0.25, 0.3) is 0 Å². The predicted octanol–water partition coefficient (Wildman–Crippen LogP) is 0.943. The van der Waals surface area contributed by atoms with E-state index in [0.29, 0.717) is 0 Å². The lowest BCUT2D eigenvalue weighted by atomic mass is 10.5. The lowest BCUT2D eigenvalue weighted by Crippen LogP contribution is -2.25. The predicted molar refractivity (Wildman–Crippen MR) is 62.2 cm³/mol. The van der Waals surface area contributed by atoms with Crippen molar-refractivity contribution in [2.45, 2.75) is 0 Å². The van der Waals surface area contributed by atoms with E-state index in [1.807, 2.05) is 12.2 Å². The zero-order valence-electron chi connectivity index (χ0n) is 9.13. The normalized spacial score (nSPS) is 11.9. The van der Waals surface area contributed by atoms with E-state index in [-0.39, 0.29) is 0 Å². The van der Waals surface area contributed by atoms with Gasteiger partial charge in [0, 0.05) is 25.5 Å². The molecule has 0 fully saturated rings. The fraction of sp³-hybridized carbons (Fsp3) is 0.273. The average molecular weight is 217 g/mol. The first kappa shape index (κ1) is 13.6. The van der Waals surface area contributed by atoms with Crippen LogP contribution >= 0.6 is 0 Å². The van der Waals surface area contributed by atoms with Gasteiger partial charge in [-0.15, -0.1) is 13.2 Å². The van der Waals surface area contributed by atoms with Crippen molar-refractivity contribution in [3.8, 4) is 12.4 Å². The maximum atomic E-state index is 7.48. The molecule has 5 heteroatoms. The Kier molecular flexibility index (Phi) is 7.79. The summed E-state index contributed by atoms with van der Waals surface area (Å²) >= 11 is 0. The summed E-state index contributed by atoms with van der Waals surface area (Å²) in [5.74, 6) is 0. The van der Waals surface area contributed by atoms with Gasteiger partial charge in [-0.1, -0.05) is 12.2 Å². The molecule has 1 heterocycles. The van der Waals surface area contributed by atoms with E-state index in [1.165, 1.54) is 12.4 Å². The van der Waals surface area contributed by atoms with Crippen LogP contribution in [0.2, 0.25) is 0 Å². The van der Waals surface area contributed by atoms with E-state index in [4.69, 9.17) is 10.5 Å². The highest BCUT2D eigenvalue weighted by atomic mass is 15.3. The summed E-state index contributed by atoms with van der Waals surface area (Å²) in [6, 6.07) is 0. The summed E-state index contributed by atoms with van der Waals surface area (Å²) < 4.78 is 0. The zero-order chi connectivity index (χ0) is 12.2. The largest absolute Gasteiger partial charge is 0.355 e. The fourth-order valence-corrected chi connectivity index (χ4v) is 1.11. The third kappa shape index (κ3) is 6.11. The molecular formula is C11H15N5. The van der Waals surface area contributed by atoms with Gasteiger partial charge in [0.1, 0.15) is 0 Å². The Hall–Kier alpha value is -2.40. The summed E-state index contributed by atoms with van der Waals surface area (Å²) in [5.41, 5.74) is 0. The average Bonchev–Trinajstić information content (AvgIpc) is 2.69. The summed E-state index contributed by atoms with van der Waals surface area (Å²) in [7, 11) is 0.